The highest BCUT2D eigenvalue weighted by Gasteiger charge is 1.77. The summed E-state index contributed by atoms with van der Waals surface area (Å²) in [6.07, 6.45) is 0. The fraction of sp³-hybridized carbons (Fsp3) is 0.750. The van der Waals surface area contributed by atoms with Crippen molar-refractivity contribution >= 4 is 0 Å². The maximum absolute atomic E-state index is 7.88. The van der Waals surface area contributed by atoms with Gasteiger partial charge in [0.15, 0.2) is 0 Å². The van der Waals surface area contributed by atoms with E-state index in [1.807, 2.05) is 6.07 Å². The smallest absolute Gasteiger partial charge is 0.133 e. The minimum atomic E-state index is 0.150. The predicted octanol–water partition coefficient (Wildman–Crippen LogP) is -0.515. The van der Waals surface area contributed by atoms with E-state index in [1.54, 1.807) is 0 Å². The topological polar surface area (TPSA) is 59.0 Å². The highest BCUT2D eigenvalue weighted by atomic mass is 16.5. The van der Waals surface area contributed by atoms with E-state index in [1.165, 1.54) is 0 Å². The largest absolute Gasteiger partial charge is 0.365 e. The molecule has 0 aromatic heterocycles. The van der Waals surface area contributed by atoms with Gasteiger partial charge >= 0.3 is 0 Å². The molecule has 0 saturated carbocycles. The zero-order chi connectivity index (χ0) is 5.54. The second kappa shape index (κ2) is 5.41. The number of ether oxygens (including phenoxy) is 1. The van der Waals surface area contributed by atoms with Crippen molar-refractivity contribution in [2.24, 2.45) is 5.73 Å². The van der Waals surface area contributed by atoms with Crippen LogP contribution in [0.2, 0.25) is 0 Å². The summed E-state index contributed by atoms with van der Waals surface area (Å²) in [6, 6.07) is 1.82. The maximum Gasteiger partial charge on any atom is 0.133 e. The molecule has 0 aliphatic carbocycles. The maximum atomic E-state index is 7.88. The summed E-state index contributed by atoms with van der Waals surface area (Å²) < 4.78 is 4.65. The molecule has 0 radical (unpaired) electrons. The number of nitriles is 1. The van der Waals surface area contributed by atoms with Crippen LogP contribution in [-0.4, -0.2) is 19.8 Å². The molecule has 0 aliphatic rings. The Kier molecular flexibility index (Phi) is 4.95. The first-order chi connectivity index (χ1) is 3.41. The van der Waals surface area contributed by atoms with Gasteiger partial charge in [-0.25, -0.2) is 0 Å². The van der Waals surface area contributed by atoms with E-state index in [-0.39, 0.29) is 6.61 Å². The first-order valence-electron chi connectivity index (χ1n) is 2.06. The van der Waals surface area contributed by atoms with Crippen molar-refractivity contribution < 1.29 is 4.74 Å². The van der Waals surface area contributed by atoms with Crippen LogP contribution in [0, 0.1) is 11.3 Å². The lowest BCUT2D eigenvalue weighted by molar-refractivity contribution is 0.174. The van der Waals surface area contributed by atoms with Gasteiger partial charge in [-0.3, -0.25) is 0 Å². The van der Waals surface area contributed by atoms with Crippen LogP contribution < -0.4 is 5.73 Å². The van der Waals surface area contributed by atoms with Crippen LogP contribution >= 0.6 is 0 Å². The van der Waals surface area contributed by atoms with Gasteiger partial charge in [0.25, 0.3) is 0 Å². The zero-order valence-corrected chi connectivity index (χ0v) is 4.05. The minimum absolute atomic E-state index is 0.150. The average Bonchev–Trinajstić information content (AvgIpc) is 1.69. The van der Waals surface area contributed by atoms with Crippen molar-refractivity contribution in [1.29, 1.82) is 5.26 Å². The Bertz CT molecular complexity index is 66.6. The van der Waals surface area contributed by atoms with Crippen LogP contribution in [0.1, 0.15) is 0 Å². The van der Waals surface area contributed by atoms with E-state index < -0.39 is 0 Å². The third-order valence-corrected chi connectivity index (χ3v) is 0.429. The van der Waals surface area contributed by atoms with Gasteiger partial charge in [0.2, 0.25) is 0 Å². The van der Waals surface area contributed by atoms with Gasteiger partial charge in [0.05, 0.1) is 12.7 Å². The molecule has 40 valence electrons. The van der Waals surface area contributed by atoms with Gasteiger partial charge < -0.3 is 10.5 Å². The summed E-state index contributed by atoms with van der Waals surface area (Å²) in [5.74, 6) is 0. The molecular weight excluding hydrogens is 92.1 g/mol. The number of nitrogens with zero attached hydrogens (tertiary/aromatic N) is 1. The highest BCUT2D eigenvalue weighted by Crippen LogP contribution is 1.65. The molecule has 0 heterocycles. The number of hydrogen-bond donors (Lipinski definition) is 1. The summed E-state index contributed by atoms with van der Waals surface area (Å²) in [4.78, 5) is 0. The highest BCUT2D eigenvalue weighted by molar-refractivity contribution is 4.65. The zero-order valence-electron chi connectivity index (χ0n) is 4.05. The molecule has 2 N–H and O–H groups in total. The Hall–Kier alpha value is -0.590. The second-order valence-electron chi connectivity index (χ2n) is 0.999. The molecule has 3 heteroatoms. The van der Waals surface area contributed by atoms with Crippen molar-refractivity contribution in [3.8, 4) is 6.07 Å². The Morgan fingerprint density at radius 2 is 2.43 bits per heavy atom. The summed E-state index contributed by atoms with van der Waals surface area (Å²) >= 11 is 0. The molecule has 3 nitrogen and oxygen atoms in total. The van der Waals surface area contributed by atoms with Gasteiger partial charge in [0.1, 0.15) is 6.61 Å². The van der Waals surface area contributed by atoms with Crippen molar-refractivity contribution in [3.63, 3.8) is 0 Å². The van der Waals surface area contributed by atoms with Crippen molar-refractivity contribution in [1.82, 2.24) is 0 Å². The molecule has 0 saturated heterocycles. The van der Waals surface area contributed by atoms with E-state index in [2.05, 4.69) is 4.74 Å². The Morgan fingerprint density at radius 3 is 2.86 bits per heavy atom. The quantitative estimate of drug-likeness (QED) is 0.486. The molecule has 0 amide bonds. The van der Waals surface area contributed by atoms with Gasteiger partial charge in [-0.15, -0.1) is 0 Å². The van der Waals surface area contributed by atoms with E-state index >= 15 is 0 Å². The Labute approximate surface area is 42.7 Å². The van der Waals surface area contributed by atoms with E-state index in [9.17, 15) is 0 Å². The number of hydrogen-bond acceptors (Lipinski definition) is 3. The molecule has 0 aromatic carbocycles. The average molecular weight is 100 g/mol. The molecule has 0 unspecified atom stereocenters. The van der Waals surface area contributed by atoms with Gasteiger partial charge in [-0.05, 0) is 0 Å². The first kappa shape index (κ1) is 6.41. The summed E-state index contributed by atoms with van der Waals surface area (Å²) in [7, 11) is 0. The summed E-state index contributed by atoms with van der Waals surface area (Å²) in [6.45, 7) is 1.12. The monoisotopic (exact) mass is 100 g/mol. The fourth-order valence-corrected chi connectivity index (χ4v) is 0.201. The van der Waals surface area contributed by atoms with Crippen molar-refractivity contribution in [2.75, 3.05) is 19.8 Å². The Morgan fingerprint density at radius 1 is 1.71 bits per heavy atom. The van der Waals surface area contributed by atoms with Crippen LogP contribution in [0.15, 0.2) is 0 Å². The normalized spacial score (nSPS) is 8.00. The van der Waals surface area contributed by atoms with Gasteiger partial charge in [-0.1, -0.05) is 0 Å². The summed E-state index contributed by atoms with van der Waals surface area (Å²) in [5.41, 5.74) is 5.03. The second-order valence-corrected chi connectivity index (χ2v) is 0.999. The van der Waals surface area contributed by atoms with Gasteiger partial charge in [-0.2, -0.15) is 5.26 Å². The molecule has 0 aliphatic heterocycles. The van der Waals surface area contributed by atoms with E-state index in [4.69, 9.17) is 11.0 Å². The molecule has 0 rings (SSSR count). The van der Waals surface area contributed by atoms with E-state index in [0.717, 1.165) is 0 Å². The lowest BCUT2D eigenvalue weighted by Crippen LogP contribution is -2.07. The van der Waals surface area contributed by atoms with Crippen molar-refractivity contribution in [2.45, 2.75) is 0 Å². The van der Waals surface area contributed by atoms with Crippen LogP contribution in [-0.2, 0) is 4.74 Å². The summed E-state index contributed by atoms with van der Waals surface area (Å²) in [5, 5.41) is 7.88. The molecule has 7 heavy (non-hydrogen) atoms. The van der Waals surface area contributed by atoms with Crippen LogP contribution in [0.3, 0.4) is 0 Å². The van der Waals surface area contributed by atoms with Crippen LogP contribution in [0.25, 0.3) is 0 Å². The third-order valence-electron chi connectivity index (χ3n) is 0.429. The molecule has 0 bridgehead atoms. The van der Waals surface area contributed by atoms with Crippen LogP contribution in [0.5, 0.6) is 0 Å². The first-order valence-corrected chi connectivity index (χ1v) is 2.06. The number of rotatable bonds is 3. The molecule has 0 atom stereocenters. The minimum Gasteiger partial charge on any atom is -0.365 e. The predicted molar refractivity (Wildman–Crippen MR) is 25.5 cm³/mol. The number of nitrogens with two attached hydrogens (primary N) is 1. The lowest BCUT2D eigenvalue weighted by atomic mass is 10.7. The molecule has 0 aromatic rings. The van der Waals surface area contributed by atoms with Crippen LogP contribution in [0.4, 0.5) is 0 Å². The lowest BCUT2D eigenvalue weighted by Gasteiger charge is -1.90. The third kappa shape index (κ3) is 5.41. The van der Waals surface area contributed by atoms with Gasteiger partial charge in [0, 0.05) is 6.54 Å². The Balaban J connectivity index is 2.60. The molecule has 0 fully saturated rings. The SMILES string of the molecule is N#CCOCCN. The molecular formula is C4H8N2O. The molecule has 0 spiro atoms. The fourth-order valence-electron chi connectivity index (χ4n) is 0.201. The van der Waals surface area contributed by atoms with Crippen molar-refractivity contribution in [3.05, 3.63) is 0 Å². The standard InChI is InChI=1S/C4H8N2O/c5-1-3-7-4-2-6/h1,3-5H2. The van der Waals surface area contributed by atoms with E-state index in [0.29, 0.717) is 13.2 Å².